The van der Waals surface area contributed by atoms with Crippen LogP contribution in [0.25, 0.3) is 0 Å². The Labute approximate surface area is 118 Å². The van der Waals surface area contributed by atoms with E-state index in [-0.39, 0.29) is 5.91 Å². The predicted molar refractivity (Wildman–Crippen MR) is 80.8 cm³/mol. The van der Waals surface area contributed by atoms with Crippen molar-refractivity contribution in [3.05, 3.63) is 0 Å². The lowest BCUT2D eigenvalue weighted by molar-refractivity contribution is -0.122. The molecule has 1 aliphatic rings. The van der Waals surface area contributed by atoms with E-state index in [9.17, 15) is 4.79 Å². The molecule has 112 valence electrons. The topological polar surface area (TPSA) is 55.1 Å². The Hall–Kier alpha value is -0.570. The molecule has 3 nitrogen and oxygen atoms in total. The van der Waals surface area contributed by atoms with Crippen LogP contribution in [0, 0.1) is 17.8 Å². The summed E-state index contributed by atoms with van der Waals surface area (Å²) in [5.41, 5.74) is 5.59. The highest BCUT2D eigenvalue weighted by molar-refractivity contribution is 5.76. The minimum Gasteiger partial charge on any atom is -0.353 e. The van der Waals surface area contributed by atoms with Gasteiger partial charge in [0.25, 0.3) is 0 Å². The molecule has 1 amide bonds. The first-order chi connectivity index (χ1) is 9.06. The number of hydrogen-bond donors (Lipinski definition) is 2. The molecule has 3 N–H and O–H groups in total. The Morgan fingerprint density at radius 2 is 2.00 bits per heavy atom. The van der Waals surface area contributed by atoms with E-state index in [0.717, 1.165) is 50.5 Å². The molecule has 0 radical (unpaired) electrons. The fraction of sp³-hybridized carbons (Fsp3) is 0.938. The number of rotatable bonds is 7. The van der Waals surface area contributed by atoms with Gasteiger partial charge in [-0.2, -0.15) is 0 Å². The van der Waals surface area contributed by atoms with Gasteiger partial charge < -0.3 is 11.1 Å². The quantitative estimate of drug-likeness (QED) is 0.745. The monoisotopic (exact) mass is 268 g/mol. The van der Waals surface area contributed by atoms with E-state index in [1.54, 1.807) is 0 Å². The van der Waals surface area contributed by atoms with Crippen LogP contribution in [0.15, 0.2) is 0 Å². The largest absolute Gasteiger partial charge is 0.353 e. The van der Waals surface area contributed by atoms with Gasteiger partial charge in [-0.05, 0) is 56.4 Å². The smallest absolute Gasteiger partial charge is 0.220 e. The minimum absolute atomic E-state index is 0.238. The number of carbonyl (C=O) groups is 1. The summed E-state index contributed by atoms with van der Waals surface area (Å²) in [5, 5.41) is 3.22. The molecule has 1 aliphatic carbocycles. The molecule has 0 aliphatic heterocycles. The third-order valence-electron chi connectivity index (χ3n) is 4.90. The van der Waals surface area contributed by atoms with Crippen molar-refractivity contribution in [2.45, 2.75) is 71.8 Å². The Balaban J connectivity index is 2.23. The molecule has 3 heteroatoms. The van der Waals surface area contributed by atoms with Gasteiger partial charge in [-0.15, -0.1) is 0 Å². The Morgan fingerprint density at radius 3 is 2.58 bits per heavy atom. The standard InChI is InChI=1S/C16H32N2O/c1-4-14(9-10-17)6-8-16(19)18-15-7-5-12(2)13(3)11-15/h12-15H,4-11,17H2,1-3H3,(H,18,19). The summed E-state index contributed by atoms with van der Waals surface area (Å²) in [6, 6.07) is 0.410. The summed E-state index contributed by atoms with van der Waals surface area (Å²) >= 11 is 0. The third-order valence-corrected chi connectivity index (χ3v) is 4.90. The van der Waals surface area contributed by atoms with Crippen molar-refractivity contribution in [1.29, 1.82) is 0 Å². The molecule has 0 aromatic carbocycles. The van der Waals surface area contributed by atoms with Crippen molar-refractivity contribution in [1.82, 2.24) is 5.32 Å². The van der Waals surface area contributed by atoms with Crippen LogP contribution < -0.4 is 11.1 Å². The van der Waals surface area contributed by atoms with Crippen LogP contribution >= 0.6 is 0 Å². The highest BCUT2D eigenvalue weighted by atomic mass is 16.1. The molecule has 0 saturated heterocycles. The summed E-state index contributed by atoms with van der Waals surface area (Å²) in [7, 11) is 0. The molecule has 4 atom stereocenters. The van der Waals surface area contributed by atoms with Crippen molar-refractivity contribution in [2.75, 3.05) is 6.54 Å². The lowest BCUT2D eigenvalue weighted by Crippen LogP contribution is -2.39. The van der Waals surface area contributed by atoms with Crippen LogP contribution in [0.1, 0.15) is 65.7 Å². The normalized spacial score (nSPS) is 28.9. The zero-order valence-electron chi connectivity index (χ0n) is 13.0. The van der Waals surface area contributed by atoms with E-state index in [2.05, 4.69) is 26.1 Å². The van der Waals surface area contributed by atoms with Crippen LogP contribution in [0.3, 0.4) is 0 Å². The highest BCUT2D eigenvalue weighted by Gasteiger charge is 2.25. The second kappa shape index (κ2) is 8.57. The molecule has 1 rings (SSSR count). The van der Waals surface area contributed by atoms with E-state index in [0.29, 0.717) is 18.4 Å². The predicted octanol–water partition coefficient (Wildman–Crippen LogP) is 3.08. The van der Waals surface area contributed by atoms with Crippen molar-refractivity contribution < 1.29 is 4.79 Å². The molecule has 0 heterocycles. The van der Waals surface area contributed by atoms with Gasteiger partial charge in [0.15, 0.2) is 0 Å². The van der Waals surface area contributed by atoms with Crippen LogP contribution in [-0.2, 0) is 4.79 Å². The maximum absolute atomic E-state index is 12.0. The Morgan fingerprint density at radius 1 is 1.26 bits per heavy atom. The third kappa shape index (κ3) is 5.94. The summed E-state index contributed by atoms with van der Waals surface area (Å²) in [6.45, 7) is 7.54. The Bertz CT molecular complexity index is 267. The molecule has 0 aromatic heterocycles. The van der Waals surface area contributed by atoms with Gasteiger partial charge in [0.05, 0.1) is 0 Å². The summed E-state index contributed by atoms with van der Waals surface area (Å²) in [4.78, 5) is 12.0. The van der Waals surface area contributed by atoms with Crippen LogP contribution in [0.5, 0.6) is 0 Å². The second-order valence-corrected chi connectivity index (χ2v) is 6.42. The van der Waals surface area contributed by atoms with Gasteiger partial charge in [0, 0.05) is 12.5 Å². The van der Waals surface area contributed by atoms with E-state index in [4.69, 9.17) is 5.73 Å². The number of amides is 1. The zero-order valence-corrected chi connectivity index (χ0v) is 13.0. The minimum atomic E-state index is 0.238. The molecule has 4 unspecified atom stereocenters. The first-order valence-electron chi connectivity index (χ1n) is 8.06. The van der Waals surface area contributed by atoms with Gasteiger partial charge in [0.1, 0.15) is 0 Å². The van der Waals surface area contributed by atoms with E-state index in [1.807, 2.05) is 0 Å². The van der Waals surface area contributed by atoms with E-state index < -0.39 is 0 Å². The SMILES string of the molecule is CCC(CCN)CCC(=O)NC1CCC(C)C(C)C1. The van der Waals surface area contributed by atoms with Crippen molar-refractivity contribution in [2.24, 2.45) is 23.5 Å². The molecule has 0 spiro atoms. The molecule has 1 saturated carbocycles. The maximum atomic E-state index is 12.0. The first-order valence-corrected chi connectivity index (χ1v) is 8.06. The second-order valence-electron chi connectivity index (χ2n) is 6.42. The molecule has 0 aromatic rings. The summed E-state index contributed by atoms with van der Waals surface area (Å²) in [5.74, 6) is 2.39. The number of carbonyl (C=O) groups excluding carboxylic acids is 1. The lowest BCUT2D eigenvalue weighted by Gasteiger charge is -2.32. The molecule has 19 heavy (non-hydrogen) atoms. The maximum Gasteiger partial charge on any atom is 0.220 e. The Kier molecular flexibility index (Phi) is 7.44. The fourth-order valence-electron chi connectivity index (χ4n) is 3.10. The van der Waals surface area contributed by atoms with Gasteiger partial charge >= 0.3 is 0 Å². The summed E-state index contributed by atoms with van der Waals surface area (Å²) in [6.07, 6.45) is 7.36. The van der Waals surface area contributed by atoms with Crippen molar-refractivity contribution in [3.8, 4) is 0 Å². The van der Waals surface area contributed by atoms with Gasteiger partial charge in [0.2, 0.25) is 5.91 Å². The van der Waals surface area contributed by atoms with E-state index in [1.165, 1.54) is 6.42 Å². The average molecular weight is 268 g/mol. The number of nitrogens with two attached hydrogens (primary N) is 1. The molecular weight excluding hydrogens is 236 g/mol. The number of hydrogen-bond acceptors (Lipinski definition) is 2. The zero-order chi connectivity index (χ0) is 14.3. The van der Waals surface area contributed by atoms with Gasteiger partial charge in [-0.1, -0.05) is 27.2 Å². The van der Waals surface area contributed by atoms with Crippen molar-refractivity contribution in [3.63, 3.8) is 0 Å². The molecular formula is C16H32N2O. The van der Waals surface area contributed by atoms with Crippen LogP contribution in [0.4, 0.5) is 0 Å². The first kappa shape index (κ1) is 16.5. The van der Waals surface area contributed by atoms with Crippen LogP contribution in [-0.4, -0.2) is 18.5 Å². The highest BCUT2D eigenvalue weighted by Crippen LogP contribution is 2.29. The van der Waals surface area contributed by atoms with E-state index >= 15 is 0 Å². The molecule has 0 bridgehead atoms. The van der Waals surface area contributed by atoms with Crippen LogP contribution in [0.2, 0.25) is 0 Å². The van der Waals surface area contributed by atoms with Gasteiger partial charge in [-0.3, -0.25) is 4.79 Å². The van der Waals surface area contributed by atoms with Gasteiger partial charge in [-0.25, -0.2) is 0 Å². The van der Waals surface area contributed by atoms with Crippen molar-refractivity contribution >= 4 is 5.91 Å². The number of nitrogens with one attached hydrogen (secondary N) is 1. The summed E-state index contributed by atoms with van der Waals surface area (Å²) < 4.78 is 0. The lowest BCUT2D eigenvalue weighted by atomic mass is 9.79. The fourth-order valence-corrected chi connectivity index (χ4v) is 3.10. The molecule has 1 fully saturated rings. The average Bonchev–Trinajstić information content (AvgIpc) is 2.39.